The Morgan fingerprint density at radius 2 is 1.75 bits per heavy atom. The first-order valence-corrected chi connectivity index (χ1v) is 6.35. The Kier molecular flexibility index (Phi) is 2.99. The van der Waals surface area contributed by atoms with E-state index in [1.807, 2.05) is 0 Å². The van der Waals surface area contributed by atoms with E-state index in [4.69, 9.17) is 5.11 Å². The van der Waals surface area contributed by atoms with Crippen molar-refractivity contribution in [2.24, 2.45) is 10.8 Å². The molecule has 0 radical (unpaired) electrons. The third-order valence-corrected chi connectivity index (χ3v) is 4.25. The Hall–Kier alpha value is -0.570. The van der Waals surface area contributed by atoms with Gasteiger partial charge in [0.1, 0.15) is 0 Å². The van der Waals surface area contributed by atoms with Gasteiger partial charge >= 0.3 is 5.97 Å². The minimum Gasteiger partial charge on any atom is -0.481 e. The van der Waals surface area contributed by atoms with Crippen LogP contribution in [0.4, 0.5) is 0 Å². The Bertz CT molecular complexity index is 272. The number of carboxylic acids is 1. The minimum absolute atomic E-state index is 0.132. The summed E-state index contributed by atoms with van der Waals surface area (Å²) >= 11 is 0. The molecule has 16 heavy (non-hydrogen) atoms. The first-order chi connectivity index (χ1) is 7.41. The number of likely N-dealkylation sites (tertiary alicyclic amines) is 1. The molecule has 1 aliphatic carbocycles. The van der Waals surface area contributed by atoms with Crippen molar-refractivity contribution in [3.05, 3.63) is 0 Å². The van der Waals surface area contributed by atoms with Gasteiger partial charge in [-0.15, -0.1) is 0 Å². The summed E-state index contributed by atoms with van der Waals surface area (Å²) in [6.07, 6.45) is 5.08. The summed E-state index contributed by atoms with van der Waals surface area (Å²) in [7, 11) is 0. The monoisotopic (exact) mass is 225 g/mol. The Morgan fingerprint density at radius 3 is 2.19 bits per heavy atom. The molecule has 0 amide bonds. The average molecular weight is 225 g/mol. The van der Waals surface area contributed by atoms with Crippen LogP contribution < -0.4 is 0 Å². The molecular weight excluding hydrogens is 202 g/mol. The highest BCUT2D eigenvalue weighted by molar-refractivity contribution is 5.68. The van der Waals surface area contributed by atoms with Crippen LogP contribution in [-0.2, 0) is 4.79 Å². The van der Waals surface area contributed by atoms with Gasteiger partial charge in [0.2, 0.25) is 0 Å². The molecule has 1 heterocycles. The number of carboxylic acid groups (broad SMARTS) is 1. The van der Waals surface area contributed by atoms with E-state index in [0.717, 1.165) is 32.5 Å². The van der Waals surface area contributed by atoms with Crippen LogP contribution in [0, 0.1) is 10.8 Å². The fourth-order valence-electron chi connectivity index (χ4n) is 2.68. The van der Waals surface area contributed by atoms with Gasteiger partial charge < -0.3 is 10.0 Å². The maximum Gasteiger partial charge on any atom is 0.303 e. The Balaban J connectivity index is 1.81. The van der Waals surface area contributed by atoms with Crippen molar-refractivity contribution in [2.45, 2.75) is 46.0 Å². The lowest BCUT2D eigenvalue weighted by Crippen LogP contribution is -2.40. The van der Waals surface area contributed by atoms with E-state index in [1.165, 1.54) is 12.8 Å². The topological polar surface area (TPSA) is 40.5 Å². The van der Waals surface area contributed by atoms with Gasteiger partial charge in [-0.3, -0.25) is 4.79 Å². The third kappa shape index (κ3) is 2.97. The molecule has 1 saturated heterocycles. The van der Waals surface area contributed by atoms with Crippen molar-refractivity contribution in [2.75, 3.05) is 19.6 Å². The second-order valence-electron chi connectivity index (χ2n) is 6.51. The van der Waals surface area contributed by atoms with Gasteiger partial charge in [-0.05, 0) is 49.6 Å². The summed E-state index contributed by atoms with van der Waals surface area (Å²) in [4.78, 5) is 13.3. The van der Waals surface area contributed by atoms with Crippen LogP contribution >= 0.6 is 0 Å². The minimum atomic E-state index is -0.630. The quantitative estimate of drug-likeness (QED) is 0.798. The molecule has 0 aromatic rings. The number of rotatable bonds is 4. The van der Waals surface area contributed by atoms with Crippen molar-refractivity contribution in [3.63, 3.8) is 0 Å². The van der Waals surface area contributed by atoms with Crippen LogP contribution in [0.3, 0.4) is 0 Å². The lowest BCUT2D eigenvalue weighted by atomic mass is 9.82. The molecule has 2 aliphatic rings. The van der Waals surface area contributed by atoms with E-state index < -0.39 is 5.97 Å². The highest BCUT2D eigenvalue weighted by Gasteiger charge is 2.46. The molecule has 1 aliphatic heterocycles. The van der Waals surface area contributed by atoms with Crippen LogP contribution in [0.1, 0.15) is 46.0 Å². The molecule has 0 unspecified atom stereocenters. The lowest BCUT2D eigenvalue weighted by molar-refractivity contribution is -0.138. The van der Waals surface area contributed by atoms with E-state index in [9.17, 15) is 4.79 Å². The van der Waals surface area contributed by atoms with Crippen LogP contribution in [0.15, 0.2) is 0 Å². The predicted octanol–water partition coefficient (Wildman–Crippen LogP) is 2.36. The number of piperidine rings is 1. The lowest BCUT2D eigenvalue weighted by Gasteiger charge is -2.38. The number of hydrogen-bond acceptors (Lipinski definition) is 2. The van der Waals surface area contributed by atoms with Gasteiger partial charge in [0, 0.05) is 6.54 Å². The number of nitrogens with zero attached hydrogens (tertiary/aromatic N) is 1. The largest absolute Gasteiger partial charge is 0.481 e. The van der Waals surface area contributed by atoms with Gasteiger partial charge in [-0.2, -0.15) is 0 Å². The van der Waals surface area contributed by atoms with Crippen molar-refractivity contribution >= 4 is 5.97 Å². The van der Waals surface area contributed by atoms with Gasteiger partial charge in [-0.1, -0.05) is 13.8 Å². The van der Waals surface area contributed by atoms with E-state index >= 15 is 0 Å². The van der Waals surface area contributed by atoms with Crippen molar-refractivity contribution < 1.29 is 9.90 Å². The van der Waals surface area contributed by atoms with Gasteiger partial charge in [0.15, 0.2) is 0 Å². The van der Waals surface area contributed by atoms with E-state index in [0.29, 0.717) is 11.8 Å². The van der Waals surface area contributed by atoms with Crippen molar-refractivity contribution in [3.8, 4) is 0 Å². The second kappa shape index (κ2) is 4.02. The molecular formula is C13H23NO2. The molecule has 0 aromatic carbocycles. The molecule has 2 rings (SSSR count). The number of carbonyl (C=O) groups is 1. The maximum absolute atomic E-state index is 10.8. The number of aliphatic carboxylic acids is 1. The zero-order chi connectivity index (χ0) is 11.8. The fourth-order valence-corrected chi connectivity index (χ4v) is 2.68. The normalized spacial score (nSPS) is 27.6. The standard InChI is InChI=1S/C13H23NO2/c1-12(2)5-7-14(8-6-12)10-13(3-4-13)9-11(15)16/h3-10H2,1-2H3,(H,15,16). The van der Waals surface area contributed by atoms with Crippen LogP contribution in [-0.4, -0.2) is 35.6 Å². The van der Waals surface area contributed by atoms with Gasteiger partial charge in [-0.25, -0.2) is 0 Å². The predicted molar refractivity (Wildman–Crippen MR) is 63.4 cm³/mol. The summed E-state index contributed by atoms with van der Waals surface area (Å²) in [6.45, 7) is 7.96. The molecule has 0 bridgehead atoms. The van der Waals surface area contributed by atoms with E-state index in [-0.39, 0.29) is 5.41 Å². The first kappa shape index (κ1) is 11.9. The molecule has 92 valence electrons. The zero-order valence-electron chi connectivity index (χ0n) is 10.5. The average Bonchev–Trinajstić information content (AvgIpc) is 2.88. The molecule has 1 N–H and O–H groups in total. The van der Waals surface area contributed by atoms with Crippen molar-refractivity contribution in [1.29, 1.82) is 0 Å². The summed E-state index contributed by atoms with van der Waals surface area (Å²) in [5, 5.41) is 8.88. The molecule has 2 fully saturated rings. The van der Waals surface area contributed by atoms with Gasteiger partial charge in [0.25, 0.3) is 0 Å². The molecule has 3 heteroatoms. The Labute approximate surface area is 97.8 Å². The molecule has 0 atom stereocenters. The van der Waals surface area contributed by atoms with Crippen molar-refractivity contribution in [1.82, 2.24) is 4.90 Å². The molecule has 0 spiro atoms. The van der Waals surface area contributed by atoms with E-state index in [2.05, 4.69) is 18.7 Å². The smallest absolute Gasteiger partial charge is 0.303 e. The summed E-state index contributed by atoms with van der Waals surface area (Å²) < 4.78 is 0. The first-order valence-electron chi connectivity index (χ1n) is 6.35. The number of hydrogen-bond donors (Lipinski definition) is 1. The summed E-state index contributed by atoms with van der Waals surface area (Å²) in [5.41, 5.74) is 0.618. The van der Waals surface area contributed by atoms with Crippen LogP contribution in [0.25, 0.3) is 0 Å². The highest BCUT2D eigenvalue weighted by Crippen LogP contribution is 2.50. The SMILES string of the molecule is CC1(C)CCN(CC2(CC(=O)O)CC2)CC1. The summed E-state index contributed by atoms with van der Waals surface area (Å²) in [5.74, 6) is -0.630. The fraction of sp³-hybridized carbons (Fsp3) is 0.923. The molecule has 0 aromatic heterocycles. The molecule has 1 saturated carbocycles. The highest BCUT2D eigenvalue weighted by atomic mass is 16.4. The maximum atomic E-state index is 10.8. The van der Waals surface area contributed by atoms with Crippen LogP contribution in [0.5, 0.6) is 0 Å². The Morgan fingerprint density at radius 1 is 1.19 bits per heavy atom. The van der Waals surface area contributed by atoms with Gasteiger partial charge in [0.05, 0.1) is 6.42 Å². The third-order valence-electron chi connectivity index (χ3n) is 4.25. The van der Waals surface area contributed by atoms with Crippen LogP contribution in [0.2, 0.25) is 0 Å². The summed E-state index contributed by atoms with van der Waals surface area (Å²) in [6, 6.07) is 0. The van der Waals surface area contributed by atoms with E-state index in [1.54, 1.807) is 0 Å². The zero-order valence-corrected chi connectivity index (χ0v) is 10.5. The second-order valence-corrected chi connectivity index (χ2v) is 6.51. The molecule has 3 nitrogen and oxygen atoms in total.